The molecule has 59 heavy (non-hydrogen) atoms. The van der Waals surface area contributed by atoms with Crippen molar-refractivity contribution in [3.63, 3.8) is 0 Å². The summed E-state index contributed by atoms with van der Waals surface area (Å²) in [6, 6.07) is 6.46. The molecule has 4 aromatic heterocycles. The number of hydrogen-bond acceptors (Lipinski definition) is 10. The number of anilines is 2. The zero-order chi connectivity index (χ0) is 41.4. The van der Waals surface area contributed by atoms with E-state index in [9.17, 15) is 32.3 Å². The van der Waals surface area contributed by atoms with Crippen molar-refractivity contribution in [2.75, 3.05) is 43.9 Å². The van der Waals surface area contributed by atoms with Crippen LogP contribution >= 0.6 is 0 Å². The molecule has 0 spiro atoms. The van der Waals surface area contributed by atoms with Crippen LogP contribution in [-0.4, -0.2) is 95.5 Å². The first-order chi connectivity index (χ1) is 28.4. The van der Waals surface area contributed by atoms with E-state index in [0.717, 1.165) is 62.8 Å². The van der Waals surface area contributed by atoms with Gasteiger partial charge in [0.05, 0.1) is 35.1 Å². The van der Waals surface area contributed by atoms with Gasteiger partial charge >= 0.3 is 11.9 Å². The van der Waals surface area contributed by atoms with E-state index in [4.69, 9.17) is 4.74 Å². The third-order valence-electron chi connectivity index (χ3n) is 12.0. The van der Waals surface area contributed by atoms with Crippen molar-refractivity contribution in [2.24, 2.45) is 13.0 Å². The fourth-order valence-electron chi connectivity index (χ4n) is 8.92. The summed E-state index contributed by atoms with van der Waals surface area (Å²) < 4.78 is 54.5. The van der Waals surface area contributed by atoms with E-state index in [0.29, 0.717) is 43.1 Å². The van der Waals surface area contributed by atoms with E-state index in [-0.39, 0.29) is 47.8 Å². The van der Waals surface area contributed by atoms with E-state index in [1.807, 2.05) is 18.2 Å². The standard InChI is InChI=1S/C40H48F3N11O5/c1-44-32-16-19-52-36(47-32)28(21-45-52)37(56)46-29-23-53(49-35(29)40(41,42)43)26-10-8-24(9-11-26)22-51-17-14-27(15-18-51)59-20-4-6-25-5-3-7-30-34(25)50(2)39(58)54(30)31-12-13-33(55)48-38(31)57/h3,5,7,16,19,21,23-24,26-27,31H,4,6,8-15,17-18,20,22H2,1-2H3,(H,44,47)(H,46,56)(H,48,55,57). The highest BCUT2D eigenvalue weighted by molar-refractivity contribution is 6.08. The second-order valence-electron chi connectivity index (χ2n) is 15.8. The number of nitrogens with zero attached hydrogens (tertiary/aromatic N) is 8. The van der Waals surface area contributed by atoms with Gasteiger partial charge in [-0.3, -0.25) is 33.5 Å². The molecule has 2 aliphatic heterocycles. The Bertz CT molecular complexity index is 2420. The fraction of sp³-hybridized carbons (Fsp3) is 0.525. The van der Waals surface area contributed by atoms with Gasteiger partial charge in [-0.2, -0.15) is 23.4 Å². The molecule has 3 N–H and O–H groups in total. The lowest BCUT2D eigenvalue weighted by atomic mass is 9.85. The molecular formula is C40H48F3N11O5. The van der Waals surface area contributed by atoms with Gasteiger partial charge in [0, 0.05) is 59.2 Å². The zero-order valence-electron chi connectivity index (χ0n) is 33.0. The van der Waals surface area contributed by atoms with Crippen LogP contribution in [0, 0.1) is 5.92 Å². The Kier molecular flexibility index (Phi) is 11.3. The average Bonchev–Trinajstić information content (AvgIpc) is 3.92. The number of carbonyl (C=O) groups excluding carboxylic acids is 3. The molecule has 3 aliphatic rings. The van der Waals surface area contributed by atoms with Gasteiger partial charge in [-0.15, -0.1) is 0 Å². The Labute approximate surface area is 337 Å². The Morgan fingerprint density at radius 2 is 1.81 bits per heavy atom. The van der Waals surface area contributed by atoms with Crippen LogP contribution < -0.4 is 21.6 Å². The number of alkyl halides is 3. The van der Waals surface area contributed by atoms with Crippen LogP contribution in [0.3, 0.4) is 0 Å². The van der Waals surface area contributed by atoms with E-state index >= 15 is 0 Å². The molecule has 6 heterocycles. The lowest BCUT2D eigenvalue weighted by Gasteiger charge is -2.36. The van der Waals surface area contributed by atoms with Gasteiger partial charge in [0.1, 0.15) is 17.4 Å². The first kappa shape index (κ1) is 40.2. The maximum absolute atomic E-state index is 14.1. The normalized spacial score (nSPS) is 21.0. The summed E-state index contributed by atoms with van der Waals surface area (Å²) in [5.74, 6) is -0.622. The smallest absolute Gasteiger partial charge is 0.378 e. The number of likely N-dealkylation sites (tertiary alicyclic amines) is 1. The second kappa shape index (κ2) is 16.6. The number of ether oxygens (including phenoxy) is 1. The van der Waals surface area contributed by atoms with Crippen LogP contribution in [0.5, 0.6) is 0 Å². The number of benzene rings is 1. The SMILES string of the molecule is CNc1ccn2ncc(C(=O)Nc3cn(C4CCC(CN5CCC(OCCCc6cccc7c6n(C)c(=O)n7C6CCC(=O)NC6=O)CC5)CC4)nc3C(F)(F)F)c2n1. The largest absolute Gasteiger partial charge is 0.437 e. The number of fused-ring (bicyclic) bond motifs is 2. The number of carbonyl (C=O) groups is 3. The number of aryl methyl sites for hydroxylation is 2. The van der Waals surface area contributed by atoms with Crippen molar-refractivity contribution in [3.8, 4) is 0 Å². The number of nitrogens with one attached hydrogen (secondary N) is 3. The van der Waals surface area contributed by atoms with Crippen molar-refractivity contribution < 1.29 is 32.3 Å². The molecular weight excluding hydrogens is 772 g/mol. The number of para-hydroxylation sites is 1. The van der Waals surface area contributed by atoms with Gasteiger partial charge in [-0.25, -0.2) is 14.3 Å². The number of hydrogen-bond donors (Lipinski definition) is 3. The minimum Gasteiger partial charge on any atom is -0.378 e. The van der Waals surface area contributed by atoms with Gasteiger partial charge in [-0.1, -0.05) is 12.1 Å². The molecule has 19 heteroatoms. The number of imidazole rings is 1. The van der Waals surface area contributed by atoms with Crippen LogP contribution in [0.25, 0.3) is 16.7 Å². The molecule has 1 atom stereocenters. The van der Waals surface area contributed by atoms with Crippen molar-refractivity contribution in [2.45, 2.75) is 88.6 Å². The number of rotatable bonds is 12. The summed E-state index contributed by atoms with van der Waals surface area (Å²) in [6.07, 6.45) is 6.44. The Balaban J connectivity index is 0.794. The summed E-state index contributed by atoms with van der Waals surface area (Å²) >= 11 is 0. The monoisotopic (exact) mass is 819 g/mol. The molecule has 0 bridgehead atoms. The molecule has 1 unspecified atom stereocenters. The number of piperidine rings is 2. The van der Waals surface area contributed by atoms with Crippen LogP contribution in [0.4, 0.5) is 24.7 Å². The fourth-order valence-corrected chi connectivity index (χ4v) is 8.92. The van der Waals surface area contributed by atoms with Crippen molar-refractivity contribution in [3.05, 3.63) is 70.2 Å². The summed E-state index contributed by atoms with van der Waals surface area (Å²) in [6.45, 7) is 3.33. The molecule has 1 aliphatic carbocycles. The predicted octanol–water partition coefficient (Wildman–Crippen LogP) is 4.71. The molecule has 0 radical (unpaired) electrons. The van der Waals surface area contributed by atoms with Crippen LogP contribution in [0.2, 0.25) is 0 Å². The molecule has 1 aromatic carbocycles. The summed E-state index contributed by atoms with van der Waals surface area (Å²) in [4.78, 5) is 57.5. The highest BCUT2D eigenvalue weighted by Gasteiger charge is 2.39. The minimum absolute atomic E-state index is 0.0422. The zero-order valence-corrected chi connectivity index (χ0v) is 33.0. The Morgan fingerprint density at radius 1 is 1.03 bits per heavy atom. The molecule has 3 amide bonds. The maximum Gasteiger partial charge on any atom is 0.437 e. The first-order valence-corrected chi connectivity index (χ1v) is 20.2. The third-order valence-corrected chi connectivity index (χ3v) is 12.0. The molecule has 2 saturated heterocycles. The van der Waals surface area contributed by atoms with Crippen molar-refractivity contribution in [1.29, 1.82) is 0 Å². The number of imide groups is 1. The molecule has 8 rings (SSSR count). The summed E-state index contributed by atoms with van der Waals surface area (Å²) in [5, 5.41) is 15.7. The Hall–Kier alpha value is -5.56. The highest BCUT2D eigenvalue weighted by Crippen LogP contribution is 2.38. The lowest BCUT2D eigenvalue weighted by Crippen LogP contribution is -2.44. The number of aromatic nitrogens is 7. The maximum atomic E-state index is 14.1. The van der Waals surface area contributed by atoms with E-state index in [1.54, 1.807) is 30.9 Å². The second-order valence-corrected chi connectivity index (χ2v) is 15.8. The quantitative estimate of drug-likeness (QED) is 0.118. The topological polar surface area (TPSA) is 175 Å². The highest BCUT2D eigenvalue weighted by atomic mass is 19.4. The van der Waals surface area contributed by atoms with Gasteiger partial charge in [0.2, 0.25) is 11.8 Å². The number of amides is 3. The lowest BCUT2D eigenvalue weighted by molar-refractivity contribution is -0.141. The van der Waals surface area contributed by atoms with Crippen molar-refractivity contribution in [1.82, 2.24) is 43.7 Å². The number of halogens is 3. The Morgan fingerprint density at radius 3 is 2.54 bits per heavy atom. The third kappa shape index (κ3) is 8.35. The average molecular weight is 820 g/mol. The van der Waals surface area contributed by atoms with Crippen LogP contribution in [-0.2, 0) is 34.0 Å². The predicted molar refractivity (Wildman–Crippen MR) is 211 cm³/mol. The first-order valence-electron chi connectivity index (χ1n) is 20.2. The molecule has 3 fully saturated rings. The van der Waals surface area contributed by atoms with Gasteiger partial charge in [0.15, 0.2) is 11.3 Å². The van der Waals surface area contributed by atoms with E-state index in [2.05, 4.69) is 36.0 Å². The van der Waals surface area contributed by atoms with Gasteiger partial charge in [0.25, 0.3) is 5.91 Å². The van der Waals surface area contributed by atoms with Crippen molar-refractivity contribution >= 4 is 45.9 Å². The van der Waals surface area contributed by atoms with Crippen LogP contribution in [0.15, 0.2) is 47.7 Å². The molecule has 16 nitrogen and oxygen atoms in total. The van der Waals surface area contributed by atoms with Crippen LogP contribution in [0.1, 0.15) is 91.5 Å². The minimum atomic E-state index is -4.76. The van der Waals surface area contributed by atoms with Gasteiger partial charge in [-0.05, 0) is 81.4 Å². The molecule has 5 aromatic rings. The molecule has 1 saturated carbocycles. The summed E-state index contributed by atoms with van der Waals surface area (Å²) in [5.41, 5.74) is 0.911. The van der Waals surface area contributed by atoms with Gasteiger partial charge < -0.3 is 20.3 Å². The van der Waals surface area contributed by atoms with E-state index in [1.165, 1.54) is 26.2 Å². The van der Waals surface area contributed by atoms with E-state index < -0.39 is 35.4 Å². The molecule has 314 valence electrons. The summed E-state index contributed by atoms with van der Waals surface area (Å²) in [7, 11) is 3.38.